The van der Waals surface area contributed by atoms with E-state index in [4.69, 9.17) is 10.2 Å². The summed E-state index contributed by atoms with van der Waals surface area (Å²) in [6.07, 6.45) is -1.23. The maximum Gasteiger partial charge on any atom is 0.332 e. The molecule has 0 saturated carbocycles. The molecule has 5 heteroatoms. The van der Waals surface area contributed by atoms with Gasteiger partial charge in [0.25, 0.3) is 0 Å². The third kappa shape index (κ3) is 9.33. The van der Waals surface area contributed by atoms with Gasteiger partial charge in [0.05, 0.1) is 0 Å². The van der Waals surface area contributed by atoms with E-state index in [9.17, 15) is 4.79 Å². The van der Waals surface area contributed by atoms with Crippen LogP contribution in [0.15, 0.2) is 0 Å². The van der Waals surface area contributed by atoms with Gasteiger partial charge in [-0.15, -0.1) is 0 Å². The fraction of sp³-hybridized carbons (Fsp3) is 0.667. The van der Waals surface area contributed by atoms with Crippen LogP contribution in [0.5, 0.6) is 0 Å². The summed E-state index contributed by atoms with van der Waals surface area (Å²) in [5.41, 5.74) is 0. The highest BCUT2D eigenvalue weighted by atomic mass is 27.0. The third-order valence-electron chi connectivity index (χ3n) is 0.357. The summed E-state index contributed by atoms with van der Waals surface area (Å²) in [4.78, 5) is 9.45. The molecule has 1 atom stereocenters. The molecule has 1 unspecified atom stereocenters. The summed E-state index contributed by atoms with van der Waals surface area (Å²) in [6, 6.07) is 0. The number of aliphatic hydroxyl groups excluding tert-OH is 1. The fourth-order valence-electron chi connectivity index (χ4n) is 0. The molecule has 0 fully saturated rings. The maximum atomic E-state index is 9.45. The van der Waals surface area contributed by atoms with Crippen molar-refractivity contribution in [3.05, 3.63) is 0 Å². The fourth-order valence-corrected chi connectivity index (χ4v) is 0. The normalized spacial score (nSPS) is 10.2. The number of aliphatic carboxylic acids is 1. The SMILES string of the molecule is CC(O)C(=O)O.N.[Al]. The van der Waals surface area contributed by atoms with Crippen molar-refractivity contribution in [2.45, 2.75) is 13.0 Å². The van der Waals surface area contributed by atoms with Crippen molar-refractivity contribution in [2.24, 2.45) is 0 Å². The second-order valence-corrected chi connectivity index (χ2v) is 1.01. The smallest absolute Gasteiger partial charge is 0.332 e. The molecule has 0 amide bonds. The molecule has 0 aromatic rings. The number of aliphatic hydroxyl groups is 1. The Labute approximate surface area is 58.2 Å². The van der Waals surface area contributed by atoms with Gasteiger partial charge >= 0.3 is 5.97 Å². The van der Waals surface area contributed by atoms with Gasteiger partial charge in [-0.25, -0.2) is 4.79 Å². The highest BCUT2D eigenvalue weighted by Crippen LogP contribution is 1.73. The number of carbonyl (C=O) groups is 1. The Balaban J connectivity index is -0.000000125. The summed E-state index contributed by atoms with van der Waals surface area (Å²) in [5, 5.41) is 15.8. The van der Waals surface area contributed by atoms with Gasteiger partial charge in [-0.1, -0.05) is 0 Å². The minimum Gasteiger partial charge on any atom is -0.479 e. The Kier molecular flexibility index (Phi) is 13.6. The van der Waals surface area contributed by atoms with Crippen LogP contribution in [0.3, 0.4) is 0 Å². The Bertz CT molecular complexity index is 65.5. The molecule has 0 rings (SSSR count). The van der Waals surface area contributed by atoms with Crippen molar-refractivity contribution in [1.82, 2.24) is 6.15 Å². The van der Waals surface area contributed by atoms with E-state index in [1.165, 1.54) is 6.92 Å². The molecule has 0 heterocycles. The predicted octanol–water partition coefficient (Wildman–Crippen LogP) is -0.767. The van der Waals surface area contributed by atoms with Crippen LogP contribution in [0, 0.1) is 0 Å². The Hall–Kier alpha value is -0.0775. The number of rotatable bonds is 1. The second-order valence-electron chi connectivity index (χ2n) is 1.01. The van der Waals surface area contributed by atoms with Crippen LogP contribution in [0.25, 0.3) is 0 Å². The molecule has 47 valence electrons. The molecule has 0 aromatic heterocycles. The predicted molar refractivity (Wildman–Crippen MR) is 30.1 cm³/mol. The average molecular weight is 134 g/mol. The first-order chi connectivity index (χ1) is 2.64. The molecule has 0 aromatic carbocycles. The van der Waals surface area contributed by atoms with Gasteiger partial charge in [-0.3, -0.25) is 0 Å². The summed E-state index contributed by atoms with van der Waals surface area (Å²) < 4.78 is 0. The highest BCUT2D eigenvalue weighted by Gasteiger charge is 2.01. The van der Waals surface area contributed by atoms with Crippen LogP contribution in [0.4, 0.5) is 0 Å². The van der Waals surface area contributed by atoms with E-state index in [1.54, 1.807) is 0 Å². The quantitative estimate of drug-likeness (QED) is 0.410. The number of carboxylic acid groups (broad SMARTS) is 1. The van der Waals surface area contributed by atoms with E-state index in [-0.39, 0.29) is 23.5 Å². The van der Waals surface area contributed by atoms with E-state index in [0.29, 0.717) is 0 Å². The van der Waals surface area contributed by atoms with Gasteiger partial charge in [-0.05, 0) is 6.92 Å². The van der Waals surface area contributed by atoms with Crippen molar-refractivity contribution in [3.63, 3.8) is 0 Å². The summed E-state index contributed by atoms with van der Waals surface area (Å²) in [7, 11) is 0. The van der Waals surface area contributed by atoms with Gasteiger partial charge in [0, 0.05) is 17.4 Å². The van der Waals surface area contributed by atoms with Crippen LogP contribution >= 0.6 is 0 Å². The molecule has 5 N–H and O–H groups in total. The lowest BCUT2D eigenvalue weighted by molar-refractivity contribution is -0.145. The molecule has 0 aliphatic heterocycles. The van der Waals surface area contributed by atoms with Gasteiger partial charge in [0.15, 0.2) is 0 Å². The van der Waals surface area contributed by atoms with Gasteiger partial charge < -0.3 is 16.4 Å². The first kappa shape index (κ1) is 15.7. The molecular weight excluding hydrogens is 125 g/mol. The minimum atomic E-state index is -1.23. The molecule has 4 nitrogen and oxygen atoms in total. The summed E-state index contributed by atoms with van der Waals surface area (Å²) in [5.74, 6) is -1.19. The van der Waals surface area contributed by atoms with Gasteiger partial charge in [-0.2, -0.15) is 0 Å². The van der Waals surface area contributed by atoms with Crippen molar-refractivity contribution in [3.8, 4) is 0 Å². The number of hydrogen-bond donors (Lipinski definition) is 3. The van der Waals surface area contributed by atoms with Crippen LogP contribution < -0.4 is 6.15 Å². The summed E-state index contributed by atoms with van der Waals surface area (Å²) in [6.45, 7) is 1.20. The lowest BCUT2D eigenvalue weighted by Crippen LogP contribution is -2.13. The van der Waals surface area contributed by atoms with E-state index >= 15 is 0 Å². The molecule has 0 aliphatic rings. The van der Waals surface area contributed by atoms with Crippen LogP contribution in [0.1, 0.15) is 6.92 Å². The Morgan fingerprint density at radius 3 is 1.75 bits per heavy atom. The van der Waals surface area contributed by atoms with Crippen LogP contribution in [-0.2, 0) is 4.79 Å². The van der Waals surface area contributed by atoms with E-state index in [1.807, 2.05) is 0 Å². The second kappa shape index (κ2) is 6.92. The minimum absolute atomic E-state index is 0. The molecule has 0 bridgehead atoms. The average Bonchev–Trinajstić information content (AvgIpc) is 1.36. The van der Waals surface area contributed by atoms with Crippen molar-refractivity contribution in [1.29, 1.82) is 0 Å². The van der Waals surface area contributed by atoms with Gasteiger partial charge in [0.2, 0.25) is 0 Å². The van der Waals surface area contributed by atoms with E-state index < -0.39 is 12.1 Å². The zero-order valence-corrected chi connectivity index (χ0v) is 5.82. The van der Waals surface area contributed by atoms with Gasteiger partial charge in [0.1, 0.15) is 6.10 Å². The highest BCUT2D eigenvalue weighted by molar-refractivity contribution is 5.75. The molecule has 3 radical (unpaired) electrons. The molecule has 0 spiro atoms. The van der Waals surface area contributed by atoms with Crippen LogP contribution in [0.2, 0.25) is 0 Å². The number of hydrogen-bond acceptors (Lipinski definition) is 3. The van der Waals surface area contributed by atoms with Crippen LogP contribution in [-0.4, -0.2) is 39.6 Å². The molecule has 0 aliphatic carbocycles. The Morgan fingerprint density at radius 1 is 1.62 bits per heavy atom. The topological polar surface area (TPSA) is 92.5 Å². The van der Waals surface area contributed by atoms with Crippen molar-refractivity contribution in [2.75, 3.05) is 0 Å². The summed E-state index contributed by atoms with van der Waals surface area (Å²) >= 11 is 0. The largest absolute Gasteiger partial charge is 0.479 e. The lowest BCUT2D eigenvalue weighted by atomic mass is 10.4. The third-order valence-corrected chi connectivity index (χ3v) is 0.357. The monoisotopic (exact) mass is 134 g/mol. The van der Waals surface area contributed by atoms with Crippen molar-refractivity contribution < 1.29 is 15.0 Å². The first-order valence-electron chi connectivity index (χ1n) is 1.55. The number of carboxylic acids is 1. The maximum absolute atomic E-state index is 9.45. The van der Waals surface area contributed by atoms with Crippen molar-refractivity contribution >= 4 is 23.3 Å². The lowest BCUT2D eigenvalue weighted by Gasteiger charge is -1.89. The first-order valence-corrected chi connectivity index (χ1v) is 1.55. The molecular formula is C3H9AlNO3. The Morgan fingerprint density at radius 2 is 1.75 bits per heavy atom. The molecule has 0 saturated heterocycles. The van der Waals surface area contributed by atoms with E-state index in [2.05, 4.69) is 0 Å². The molecule has 8 heavy (non-hydrogen) atoms. The zero-order chi connectivity index (χ0) is 5.15. The zero-order valence-electron chi connectivity index (χ0n) is 4.66. The van der Waals surface area contributed by atoms with E-state index in [0.717, 1.165) is 0 Å². The standard InChI is InChI=1S/C3H6O3.Al.H3N/c1-2(4)3(5)6;;/h2,4H,1H3,(H,5,6);;1H3.